The van der Waals surface area contributed by atoms with Gasteiger partial charge in [-0.1, -0.05) is 6.42 Å². The van der Waals surface area contributed by atoms with Crippen LogP contribution in [0.25, 0.3) is 0 Å². The molecule has 5 nitrogen and oxygen atoms in total. The van der Waals surface area contributed by atoms with Crippen LogP contribution in [0.15, 0.2) is 12.4 Å². The molecular weight excluding hydrogens is 218 g/mol. The lowest BCUT2D eigenvalue weighted by molar-refractivity contribution is 0.0696. The molecule has 17 heavy (non-hydrogen) atoms. The van der Waals surface area contributed by atoms with Crippen molar-refractivity contribution in [1.29, 1.82) is 0 Å². The number of fused-ring (bicyclic) bond motifs is 1. The summed E-state index contributed by atoms with van der Waals surface area (Å²) in [6.07, 6.45) is 6.75. The first-order valence-electron chi connectivity index (χ1n) is 6.04. The molecule has 0 radical (unpaired) electrons. The van der Waals surface area contributed by atoms with Gasteiger partial charge in [0.1, 0.15) is 0 Å². The number of hydrogen-bond acceptors (Lipinski definition) is 4. The molecule has 2 fully saturated rings. The van der Waals surface area contributed by atoms with Gasteiger partial charge < -0.3 is 10.0 Å². The summed E-state index contributed by atoms with van der Waals surface area (Å²) in [6, 6.07) is 0. The molecule has 2 heterocycles. The van der Waals surface area contributed by atoms with Crippen LogP contribution in [-0.2, 0) is 0 Å². The number of rotatable bonds is 2. The average molecular weight is 233 g/mol. The Morgan fingerprint density at radius 1 is 1.24 bits per heavy atom. The maximum Gasteiger partial charge on any atom is 0.338 e. The molecule has 0 spiro atoms. The van der Waals surface area contributed by atoms with E-state index in [4.69, 9.17) is 5.11 Å². The Labute approximate surface area is 99.5 Å². The Morgan fingerprint density at radius 3 is 2.35 bits per heavy atom. The summed E-state index contributed by atoms with van der Waals surface area (Å²) in [5.41, 5.74) is 0.146. The fraction of sp³-hybridized carbons (Fsp3) is 0.583. The molecule has 2 unspecified atom stereocenters. The van der Waals surface area contributed by atoms with E-state index in [0.29, 0.717) is 5.95 Å². The number of nitrogens with zero attached hydrogens (tertiary/aromatic N) is 3. The van der Waals surface area contributed by atoms with Crippen LogP contribution in [0.3, 0.4) is 0 Å². The minimum atomic E-state index is -0.977. The van der Waals surface area contributed by atoms with Crippen LogP contribution in [0, 0.1) is 11.8 Å². The summed E-state index contributed by atoms with van der Waals surface area (Å²) in [4.78, 5) is 21.2. The van der Waals surface area contributed by atoms with Crippen molar-refractivity contribution in [3.05, 3.63) is 18.0 Å². The first-order chi connectivity index (χ1) is 8.24. The fourth-order valence-electron chi connectivity index (χ4n) is 2.99. The second-order valence-electron chi connectivity index (χ2n) is 4.93. The van der Waals surface area contributed by atoms with Crippen LogP contribution in [-0.4, -0.2) is 34.1 Å². The van der Waals surface area contributed by atoms with Crippen LogP contribution < -0.4 is 4.90 Å². The van der Waals surface area contributed by atoms with E-state index in [1.165, 1.54) is 31.7 Å². The van der Waals surface area contributed by atoms with Crippen LogP contribution in [0.5, 0.6) is 0 Å². The van der Waals surface area contributed by atoms with E-state index in [-0.39, 0.29) is 5.56 Å². The Balaban J connectivity index is 1.75. The molecule has 1 aromatic heterocycles. The van der Waals surface area contributed by atoms with Crippen molar-refractivity contribution in [3.63, 3.8) is 0 Å². The van der Waals surface area contributed by atoms with Gasteiger partial charge in [0.2, 0.25) is 5.95 Å². The van der Waals surface area contributed by atoms with Crippen molar-refractivity contribution < 1.29 is 9.90 Å². The molecule has 1 aliphatic carbocycles. The van der Waals surface area contributed by atoms with Gasteiger partial charge in [-0.15, -0.1) is 0 Å². The predicted octanol–water partition coefficient (Wildman–Crippen LogP) is 1.41. The third kappa shape index (κ3) is 1.85. The van der Waals surface area contributed by atoms with Gasteiger partial charge in [0.25, 0.3) is 0 Å². The number of carboxylic acid groups (broad SMARTS) is 1. The lowest BCUT2D eigenvalue weighted by Gasteiger charge is -2.16. The van der Waals surface area contributed by atoms with Gasteiger partial charge in [0.15, 0.2) is 0 Å². The van der Waals surface area contributed by atoms with E-state index in [2.05, 4.69) is 14.9 Å². The summed E-state index contributed by atoms with van der Waals surface area (Å²) in [6.45, 7) is 2.05. The van der Waals surface area contributed by atoms with Crippen molar-refractivity contribution in [2.75, 3.05) is 18.0 Å². The first kappa shape index (κ1) is 10.5. The molecule has 5 heteroatoms. The number of anilines is 1. The van der Waals surface area contributed by atoms with E-state index in [0.717, 1.165) is 24.9 Å². The highest BCUT2D eigenvalue weighted by Crippen LogP contribution is 2.38. The Hall–Kier alpha value is -1.65. The second kappa shape index (κ2) is 3.98. The van der Waals surface area contributed by atoms with Gasteiger partial charge in [-0.2, -0.15) is 0 Å². The fourth-order valence-corrected chi connectivity index (χ4v) is 2.99. The smallest absolute Gasteiger partial charge is 0.338 e. The van der Waals surface area contributed by atoms with Gasteiger partial charge in [-0.05, 0) is 24.7 Å². The van der Waals surface area contributed by atoms with Crippen molar-refractivity contribution in [2.45, 2.75) is 19.3 Å². The zero-order chi connectivity index (χ0) is 11.8. The third-order valence-corrected chi connectivity index (χ3v) is 3.89. The van der Waals surface area contributed by atoms with Crippen molar-refractivity contribution in [3.8, 4) is 0 Å². The molecule has 3 rings (SSSR count). The molecule has 1 saturated carbocycles. The van der Waals surface area contributed by atoms with E-state index < -0.39 is 5.97 Å². The molecule has 1 aromatic rings. The van der Waals surface area contributed by atoms with E-state index in [9.17, 15) is 4.79 Å². The number of carbonyl (C=O) groups is 1. The minimum Gasteiger partial charge on any atom is -0.478 e. The summed E-state index contributed by atoms with van der Waals surface area (Å²) in [7, 11) is 0. The maximum absolute atomic E-state index is 10.7. The largest absolute Gasteiger partial charge is 0.478 e. The number of aromatic nitrogens is 2. The maximum atomic E-state index is 10.7. The summed E-state index contributed by atoms with van der Waals surface area (Å²) >= 11 is 0. The lowest BCUT2D eigenvalue weighted by atomic mass is 10.0. The van der Waals surface area contributed by atoms with Gasteiger partial charge >= 0.3 is 5.97 Å². The summed E-state index contributed by atoms with van der Waals surface area (Å²) in [5.74, 6) is 1.27. The Morgan fingerprint density at radius 2 is 1.82 bits per heavy atom. The van der Waals surface area contributed by atoms with Crippen LogP contribution in [0.4, 0.5) is 5.95 Å². The Bertz CT molecular complexity index is 420. The zero-order valence-corrected chi connectivity index (χ0v) is 9.54. The highest BCUT2D eigenvalue weighted by Gasteiger charge is 2.36. The van der Waals surface area contributed by atoms with Crippen LogP contribution >= 0.6 is 0 Å². The summed E-state index contributed by atoms with van der Waals surface area (Å²) in [5, 5.41) is 8.78. The first-order valence-corrected chi connectivity index (χ1v) is 6.04. The third-order valence-electron chi connectivity index (χ3n) is 3.89. The molecule has 0 aromatic carbocycles. The van der Waals surface area contributed by atoms with Gasteiger partial charge in [-0.25, -0.2) is 14.8 Å². The van der Waals surface area contributed by atoms with E-state index >= 15 is 0 Å². The normalized spacial score (nSPS) is 27.2. The highest BCUT2D eigenvalue weighted by molar-refractivity contribution is 5.86. The molecule has 1 aliphatic heterocycles. The van der Waals surface area contributed by atoms with Crippen LogP contribution in [0.1, 0.15) is 29.6 Å². The summed E-state index contributed by atoms with van der Waals surface area (Å²) < 4.78 is 0. The minimum absolute atomic E-state index is 0.146. The molecule has 0 amide bonds. The van der Waals surface area contributed by atoms with Crippen molar-refractivity contribution in [1.82, 2.24) is 9.97 Å². The van der Waals surface area contributed by atoms with Gasteiger partial charge in [0.05, 0.1) is 5.56 Å². The average Bonchev–Trinajstić information content (AvgIpc) is 2.89. The highest BCUT2D eigenvalue weighted by atomic mass is 16.4. The van der Waals surface area contributed by atoms with Crippen molar-refractivity contribution >= 4 is 11.9 Å². The number of carboxylic acids is 1. The molecule has 90 valence electrons. The van der Waals surface area contributed by atoms with Gasteiger partial charge in [-0.3, -0.25) is 0 Å². The van der Waals surface area contributed by atoms with E-state index in [1.54, 1.807) is 0 Å². The molecular formula is C12H15N3O2. The SMILES string of the molecule is O=C(O)c1cnc(N2CC3CCCC3C2)nc1. The second-order valence-corrected chi connectivity index (χ2v) is 4.93. The number of aromatic carboxylic acids is 1. The van der Waals surface area contributed by atoms with Gasteiger partial charge in [0, 0.05) is 25.5 Å². The predicted molar refractivity (Wildman–Crippen MR) is 62.0 cm³/mol. The quantitative estimate of drug-likeness (QED) is 0.836. The topological polar surface area (TPSA) is 66.3 Å². The van der Waals surface area contributed by atoms with Crippen LogP contribution in [0.2, 0.25) is 0 Å². The molecule has 0 bridgehead atoms. The molecule has 2 atom stereocenters. The standard InChI is InChI=1S/C12H15N3O2/c16-11(17)10-4-13-12(14-5-10)15-6-8-2-1-3-9(8)7-15/h4-5,8-9H,1-3,6-7H2,(H,16,17). The lowest BCUT2D eigenvalue weighted by Crippen LogP contribution is -2.23. The molecule has 1 saturated heterocycles. The number of hydrogen-bond donors (Lipinski definition) is 1. The molecule has 2 aliphatic rings. The Kier molecular flexibility index (Phi) is 2.46. The van der Waals surface area contributed by atoms with Crippen molar-refractivity contribution in [2.24, 2.45) is 11.8 Å². The van der Waals surface area contributed by atoms with E-state index in [1.807, 2.05) is 0 Å². The zero-order valence-electron chi connectivity index (χ0n) is 9.54. The molecule has 1 N–H and O–H groups in total. The monoisotopic (exact) mass is 233 g/mol.